The Hall–Kier alpha value is -1.65. The van der Waals surface area contributed by atoms with Crippen molar-refractivity contribution in [1.29, 1.82) is 0 Å². The third-order valence-corrected chi connectivity index (χ3v) is 3.06. The van der Waals surface area contributed by atoms with E-state index in [4.69, 9.17) is 0 Å². The number of ether oxygens (including phenoxy) is 1. The zero-order chi connectivity index (χ0) is 16.0. The maximum absolute atomic E-state index is 12.2. The van der Waals surface area contributed by atoms with Crippen LogP contribution in [0.4, 0.5) is 8.78 Å². The van der Waals surface area contributed by atoms with E-state index in [1.165, 1.54) is 12.1 Å². The van der Waals surface area contributed by atoms with E-state index in [9.17, 15) is 13.6 Å². The number of amides is 1. The molecule has 0 saturated carbocycles. The van der Waals surface area contributed by atoms with Gasteiger partial charge in [-0.25, -0.2) is 0 Å². The van der Waals surface area contributed by atoms with Crippen molar-refractivity contribution in [2.75, 3.05) is 0 Å². The average Bonchev–Trinajstić information content (AvgIpc) is 2.35. The maximum Gasteiger partial charge on any atom is 0.387 e. The fourth-order valence-corrected chi connectivity index (χ4v) is 1.85. The number of hydrogen-bond donors (Lipinski definition) is 1. The standard InChI is InChI=1S/C16H23F2NO2/c1-11(19-14(20)8-9-16(2,3)4)12-6-5-7-13(10-12)21-15(17)18/h5-7,10-11,15H,8-9H2,1-4H3,(H,19,20)/t11-/m0/s1. The Kier molecular flexibility index (Phi) is 6.12. The second-order valence-corrected chi connectivity index (χ2v) is 6.30. The van der Waals surface area contributed by atoms with Crippen LogP contribution < -0.4 is 10.1 Å². The van der Waals surface area contributed by atoms with Crippen LogP contribution in [-0.4, -0.2) is 12.5 Å². The molecule has 1 aromatic carbocycles. The van der Waals surface area contributed by atoms with E-state index in [0.29, 0.717) is 6.42 Å². The van der Waals surface area contributed by atoms with Gasteiger partial charge in [-0.15, -0.1) is 0 Å². The van der Waals surface area contributed by atoms with Crippen LogP contribution in [0.25, 0.3) is 0 Å². The number of rotatable bonds is 6. The molecule has 118 valence electrons. The molecule has 5 heteroatoms. The molecular formula is C16H23F2NO2. The summed E-state index contributed by atoms with van der Waals surface area (Å²) in [6.45, 7) is 5.20. The molecule has 3 nitrogen and oxygen atoms in total. The first-order valence-corrected chi connectivity index (χ1v) is 7.01. The van der Waals surface area contributed by atoms with Crippen LogP contribution in [0.3, 0.4) is 0 Å². The Morgan fingerprint density at radius 3 is 2.57 bits per heavy atom. The second kappa shape index (κ2) is 7.38. The molecule has 0 aliphatic heterocycles. The molecule has 0 spiro atoms. The molecule has 1 aromatic rings. The molecule has 0 aliphatic rings. The monoisotopic (exact) mass is 299 g/mol. The van der Waals surface area contributed by atoms with Crippen molar-refractivity contribution >= 4 is 5.91 Å². The number of carbonyl (C=O) groups excluding carboxylic acids is 1. The lowest BCUT2D eigenvalue weighted by molar-refractivity contribution is -0.122. The molecule has 0 aromatic heterocycles. The number of benzene rings is 1. The number of hydrogen-bond acceptors (Lipinski definition) is 2. The van der Waals surface area contributed by atoms with E-state index in [1.54, 1.807) is 12.1 Å². The first-order chi connectivity index (χ1) is 9.67. The molecule has 0 saturated heterocycles. The third-order valence-electron chi connectivity index (χ3n) is 3.06. The van der Waals surface area contributed by atoms with Gasteiger partial charge in [0.2, 0.25) is 5.91 Å². The third kappa shape index (κ3) is 7.06. The summed E-state index contributed by atoms with van der Waals surface area (Å²) < 4.78 is 28.7. The van der Waals surface area contributed by atoms with Gasteiger partial charge in [0.05, 0.1) is 6.04 Å². The lowest BCUT2D eigenvalue weighted by atomic mass is 9.90. The molecule has 1 N–H and O–H groups in total. The quantitative estimate of drug-likeness (QED) is 0.851. The van der Waals surface area contributed by atoms with Crippen LogP contribution in [0, 0.1) is 5.41 Å². The molecule has 0 unspecified atom stereocenters. The van der Waals surface area contributed by atoms with E-state index < -0.39 is 6.61 Å². The van der Waals surface area contributed by atoms with Crippen LogP contribution in [0.2, 0.25) is 0 Å². The highest BCUT2D eigenvalue weighted by Crippen LogP contribution is 2.22. The normalized spacial score (nSPS) is 13.1. The van der Waals surface area contributed by atoms with Gasteiger partial charge in [-0.1, -0.05) is 32.9 Å². The van der Waals surface area contributed by atoms with Gasteiger partial charge < -0.3 is 10.1 Å². The number of alkyl halides is 2. The Morgan fingerprint density at radius 1 is 1.33 bits per heavy atom. The van der Waals surface area contributed by atoms with Crippen LogP contribution in [-0.2, 0) is 4.79 Å². The Bertz CT molecular complexity index is 470. The molecular weight excluding hydrogens is 276 g/mol. The highest BCUT2D eigenvalue weighted by Gasteiger charge is 2.15. The van der Waals surface area contributed by atoms with Gasteiger partial charge in [0, 0.05) is 6.42 Å². The molecule has 0 bridgehead atoms. The summed E-state index contributed by atoms with van der Waals surface area (Å²) in [5.74, 6) is 0.0518. The predicted octanol–water partition coefficient (Wildman–Crippen LogP) is 4.29. The van der Waals surface area contributed by atoms with Crippen molar-refractivity contribution in [3.63, 3.8) is 0 Å². The topological polar surface area (TPSA) is 38.3 Å². The minimum atomic E-state index is -2.85. The minimum Gasteiger partial charge on any atom is -0.435 e. The lowest BCUT2D eigenvalue weighted by Gasteiger charge is -2.19. The predicted molar refractivity (Wildman–Crippen MR) is 78.3 cm³/mol. The molecule has 1 amide bonds. The summed E-state index contributed by atoms with van der Waals surface area (Å²) in [5.41, 5.74) is 0.836. The van der Waals surface area contributed by atoms with Crippen LogP contribution in [0.1, 0.15) is 52.1 Å². The number of nitrogens with one attached hydrogen (secondary N) is 1. The molecule has 21 heavy (non-hydrogen) atoms. The van der Waals surface area contributed by atoms with Crippen molar-refractivity contribution in [3.8, 4) is 5.75 Å². The molecule has 1 rings (SSSR count). The van der Waals surface area contributed by atoms with Gasteiger partial charge in [0.15, 0.2) is 0 Å². The summed E-state index contributed by atoms with van der Waals surface area (Å²) in [6, 6.07) is 6.13. The number of halogens is 2. The van der Waals surface area contributed by atoms with E-state index in [0.717, 1.165) is 12.0 Å². The fourth-order valence-electron chi connectivity index (χ4n) is 1.85. The Balaban J connectivity index is 2.58. The van der Waals surface area contributed by atoms with Gasteiger partial charge >= 0.3 is 6.61 Å². The SMILES string of the molecule is C[C@H](NC(=O)CCC(C)(C)C)c1cccc(OC(F)F)c1. The summed E-state index contributed by atoms with van der Waals surface area (Å²) in [4.78, 5) is 11.9. The van der Waals surface area contributed by atoms with Crippen molar-refractivity contribution in [2.45, 2.75) is 53.2 Å². The van der Waals surface area contributed by atoms with Gasteiger partial charge in [-0.3, -0.25) is 4.79 Å². The first kappa shape index (κ1) is 17.4. The van der Waals surface area contributed by atoms with E-state index >= 15 is 0 Å². The van der Waals surface area contributed by atoms with E-state index in [2.05, 4.69) is 30.8 Å². The lowest BCUT2D eigenvalue weighted by Crippen LogP contribution is -2.27. The van der Waals surface area contributed by atoms with Crippen molar-refractivity contribution < 1.29 is 18.3 Å². The maximum atomic E-state index is 12.2. The van der Waals surface area contributed by atoms with E-state index in [-0.39, 0.29) is 23.1 Å². The van der Waals surface area contributed by atoms with Crippen molar-refractivity contribution in [3.05, 3.63) is 29.8 Å². The highest BCUT2D eigenvalue weighted by atomic mass is 19.3. The van der Waals surface area contributed by atoms with Crippen molar-refractivity contribution in [1.82, 2.24) is 5.32 Å². The summed E-state index contributed by atoms with van der Waals surface area (Å²) in [5, 5.41) is 2.87. The minimum absolute atomic E-state index is 0.0439. The summed E-state index contributed by atoms with van der Waals surface area (Å²) in [6.07, 6.45) is 1.24. The van der Waals surface area contributed by atoms with Crippen LogP contribution in [0.15, 0.2) is 24.3 Å². The smallest absolute Gasteiger partial charge is 0.387 e. The Morgan fingerprint density at radius 2 is 2.00 bits per heavy atom. The van der Waals surface area contributed by atoms with E-state index in [1.807, 2.05) is 6.92 Å². The first-order valence-electron chi connectivity index (χ1n) is 7.01. The molecule has 1 atom stereocenters. The molecule has 0 aliphatic carbocycles. The van der Waals surface area contributed by atoms with Gasteiger partial charge in [0.25, 0.3) is 0 Å². The average molecular weight is 299 g/mol. The van der Waals surface area contributed by atoms with Crippen molar-refractivity contribution in [2.24, 2.45) is 5.41 Å². The second-order valence-electron chi connectivity index (χ2n) is 6.30. The van der Waals surface area contributed by atoms with Gasteiger partial charge in [0.1, 0.15) is 5.75 Å². The summed E-state index contributed by atoms with van der Waals surface area (Å²) in [7, 11) is 0. The molecule has 0 fully saturated rings. The molecule has 0 heterocycles. The largest absolute Gasteiger partial charge is 0.435 e. The zero-order valence-corrected chi connectivity index (χ0v) is 13.0. The van der Waals surface area contributed by atoms with Crippen LogP contribution in [0.5, 0.6) is 5.75 Å². The van der Waals surface area contributed by atoms with Gasteiger partial charge in [-0.2, -0.15) is 8.78 Å². The molecule has 0 radical (unpaired) electrons. The zero-order valence-electron chi connectivity index (χ0n) is 13.0. The number of carbonyl (C=O) groups is 1. The fraction of sp³-hybridized carbons (Fsp3) is 0.562. The van der Waals surface area contributed by atoms with Gasteiger partial charge in [-0.05, 0) is 36.5 Å². The highest BCUT2D eigenvalue weighted by molar-refractivity contribution is 5.76. The summed E-state index contributed by atoms with van der Waals surface area (Å²) >= 11 is 0. The van der Waals surface area contributed by atoms with Crippen LogP contribution >= 0.6 is 0 Å². The Labute approximate surface area is 124 Å².